The van der Waals surface area contributed by atoms with E-state index >= 15 is 0 Å². The number of para-hydroxylation sites is 1. The Morgan fingerprint density at radius 1 is 1.32 bits per heavy atom. The number of esters is 1. The first-order valence-electron chi connectivity index (χ1n) is 6.36. The number of hydrogen-bond acceptors (Lipinski definition) is 4. The van der Waals surface area contributed by atoms with E-state index < -0.39 is 11.6 Å². The van der Waals surface area contributed by atoms with Gasteiger partial charge in [-0.15, -0.1) is 0 Å². The summed E-state index contributed by atoms with van der Waals surface area (Å²) in [6.07, 6.45) is 2.34. The van der Waals surface area contributed by atoms with E-state index in [9.17, 15) is 9.59 Å². The predicted octanol–water partition coefficient (Wildman–Crippen LogP) is 3.06. The molecule has 0 fully saturated rings. The van der Waals surface area contributed by atoms with Gasteiger partial charge in [0, 0.05) is 6.92 Å². The van der Waals surface area contributed by atoms with Crippen LogP contribution >= 0.6 is 0 Å². The number of unbranched alkanes of at least 4 members (excludes halogenated alkanes) is 1. The highest BCUT2D eigenvalue weighted by atomic mass is 16.5. The third-order valence-corrected chi connectivity index (χ3v) is 2.88. The first-order valence-corrected chi connectivity index (χ1v) is 6.36. The largest absolute Gasteiger partial charge is 0.425 e. The summed E-state index contributed by atoms with van der Waals surface area (Å²) >= 11 is 0. The predicted molar refractivity (Wildman–Crippen MR) is 72.4 cm³/mol. The molecule has 0 aliphatic heterocycles. The summed E-state index contributed by atoms with van der Waals surface area (Å²) in [5.41, 5.74) is 0.447. The van der Waals surface area contributed by atoms with Crippen LogP contribution in [0.2, 0.25) is 0 Å². The van der Waals surface area contributed by atoms with Gasteiger partial charge in [-0.1, -0.05) is 25.5 Å². The quantitative estimate of drug-likeness (QED) is 0.626. The minimum atomic E-state index is -0.437. The van der Waals surface area contributed by atoms with Crippen LogP contribution in [0.15, 0.2) is 33.5 Å². The number of carbonyl (C=O) groups excluding carboxylic acids is 1. The number of hydrogen-bond donors (Lipinski definition) is 0. The summed E-state index contributed by atoms with van der Waals surface area (Å²) in [6.45, 7) is 3.36. The fourth-order valence-corrected chi connectivity index (χ4v) is 1.99. The zero-order chi connectivity index (χ0) is 13.8. The van der Waals surface area contributed by atoms with Crippen LogP contribution in [0.1, 0.15) is 32.3 Å². The molecule has 0 unspecified atom stereocenters. The molecule has 4 nitrogen and oxygen atoms in total. The van der Waals surface area contributed by atoms with Crippen molar-refractivity contribution in [1.29, 1.82) is 0 Å². The summed E-state index contributed by atoms with van der Waals surface area (Å²) in [5.74, 6) is -0.0960. The lowest BCUT2D eigenvalue weighted by Crippen LogP contribution is -2.13. The van der Waals surface area contributed by atoms with E-state index in [0.717, 1.165) is 12.8 Å². The molecular formula is C15H16O4. The van der Waals surface area contributed by atoms with E-state index in [1.807, 2.05) is 13.0 Å². The summed E-state index contributed by atoms with van der Waals surface area (Å²) in [4.78, 5) is 23.2. The molecule has 0 saturated carbocycles. The molecule has 0 saturated heterocycles. The SMILES string of the molecule is CCCCc1c(OC(C)=O)c2ccccc2oc1=O. The third kappa shape index (κ3) is 2.84. The van der Waals surface area contributed by atoms with Crippen LogP contribution in [-0.4, -0.2) is 5.97 Å². The molecule has 0 bridgehead atoms. The van der Waals surface area contributed by atoms with Crippen molar-refractivity contribution in [2.75, 3.05) is 0 Å². The molecule has 0 N–H and O–H groups in total. The van der Waals surface area contributed by atoms with Crippen LogP contribution < -0.4 is 10.4 Å². The van der Waals surface area contributed by atoms with Gasteiger partial charge >= 0.3 is 11.6 Å². The van der Waals surface area contributed by atoms with Crippen LogP contribution in [0.3, 0.4) is 0 Å². The molecule has 0 spiro atoms. The first kappa shape index (κ1) is 13.3. The normalized spacial score (nSPS) is 10.6. The van der Waals surface area contributed by atoms with Gasteiger partial charge in [-0.05, 0) is 25.0 Å². The summed E-state index contributed by atoms with van der Waals surface area (Å²) < 4.78 is 10.5. The van der Waals surface area contributed by atoms with E-state index in [4.69, 9.17) is 9.15 Å². The molecule has 4 heteroatoms. The topological polar surface area (TPSA) is 56.5 Å². The maximum absolute atomic E-state index is 12.0. The molecule has 0 aliphatic carbocycles. The van der Waals surface area contributed by atoms with Crippen molar-refractivity contribution in [2.24, 2.45) is 0 Å². The molecule has 0 radical (unpaired) electrons. The maximum atomic E-state index is 12.0. The van der Waals surface area contributed by atoms with Gasteiger partial charge in [0.25, 0.3) is 0 Å². The Balaban J connectivity index is 2.66. The van der Waals surface area contributed by atoms with Crippen molar-refractivity contribution in [3.63, 3.8) is 0 Å². The Morgan fingerprint density at radius 2 is 2.05 bits per heavy atom. The van der Waals surface area contributed by atoms with Crippen molar-refractivity contribution >= 4 is 16.9 Å². The lowest BCUT2D eigenvalue weighted by molar-refractivity contribution is -0.131. The highest BCUT2D eigenvalue weighted by Crippen LogP contribution is 2.28. The monoisotopic (exact) mass is 260 g/mol. The van der Waals surface area contributed by atoms with Gasteiger partial charge in [-0.2, -0.15) is 0 Å². The lowest BCUT2D eigenvalue weighted by atomic mass is 10.1. The van der Waals surface area contributed by atoms with Crippen molar-refractivity contribution in [2.45, 2.75) is 33.1 Å². The first-order chi connectivity index (χ1) is 9.13. The van der Waals surface area contributed by atoms with Gasteiger partial charge in [0.15, 0.2) is 5.75 Å². The van der Waals surface area contributed by atoms with Crippen LogP contribution in [-0.2, 0) is 11.2 Å². The molecule has 2 rings (SSSR count). The number of ether oxygens (including phenoxy) is 1. The van der Waals surface area contributed by atoms with E-state index in [1.54, 1.807) is 18.2 Å². The van der Waals surface area contributed by atoms with E-state index in [2.05, 4.69) is 0 Å². The third-order valence-electron chi connectivity index (χ3n) is 2.88. The van der Waals surface area contributed by atoms with E-state index in [0.29, 0.717) is 28.7 Å². The summed E-state index contributed by atoms with van der Waals surface area (Å²) in [6, 6.07) is 7.06. The molecule has 100 valence electrons. The zero-order valence-corrected chi connectivity index (χ0v) is 11.1. The Morgan fingerprint density at radius 3 is 2.74 bits per heavy atom. The molecule has 1 heterocycles. The van der Waals surface area contributed by atoms with Crippen molar-refractivity contribution in [3.8, 4) is 5.75 Å². The summed E-state index contributed by atoms with van der Waals surface area (Å²) in [7, 11) is 0. The van der Waals surface area contributed by atoms with Gasteiger partial charge in [0.2, 0.25) is 0 Å². The number of rotatable bonds is 4. The fourth-order valence-electron chi connectivity index (χ4n) is 1.99. The van der Waals surface area contributed by atoms with Gasteiger partial charge in [0.1, 0.15) is 5.58 Å². The second-order valence-corrected chi connectivity index (χ2v) is 4.39. The molecule has 1 aromatic heterocycles. The Hall–Kier alpha value is -2.10. The lowest BCUT2D eigenvalue weighted by Gasteiger charge is -2.10. The van der Waals surface area contributed by atoms with Gasteiger partial charge in [0.05, 0.1) is 10.9 Å². The second kappa shape index (κ2) is 5.69. The van der Waals surface area contributed by atoms with Crippen LogP contribution in [0, 0.1) is 0 Å². The van der Waals surface area contributed by atoms with E-state index in [-0.39, 0.29) is 0 Å². The molecule has 2 aromatic rings. The van der Waals surface area contributed by atoms with Gasteiger partial charge in [-0.25, -0.2) is 4.79 Å². The fraction of sp³-hybridized carbons (Fsp3) is 0.333. The van der Waals surface area contributed by atoms with Crippen LogP contribution in [0.4, 0.5) is 0 Å². The smallest absolute Gasteiger partial charge is 0.343 e. The highest BCUT2D eigenvalue weighted by molar-refractivity contribution is 5.87. The Labute approximate surface area is 111 Å². The highest BCUT2D eigenvalue weighted by Gasteiger charge is 2.16. The number of benzene rings is 1. The Bertz CT molecular complexity index is 655. The standard InChI is InChI=1S/C15H16O4/c1-3-4-7-12-14(18-10(2)16)11-8-5-6-9-13(11)19-15(12)17/h5-6,8-9H,3-4,7H2,1-2H3. The second-order valence-electron chi connectivity index (χ2n) is 4.39. The maximum Gasteiger partial charge on any atom is 0.343 e. The van der Waals surface area contributed by atoms with Crippen LogP contribution in [0.25, 0.3) is 11.0 Å². The molecule has 1 aromatic carbocycles. The minimum absolute atomic E-state index is 0.341. The Kier molecular flexibility index (Phi) is 4.00. The molecule has 0 amide bonds. The van der Waals surface area contributed by atoms with Crippen molar-refractivity contribution in [1.82, 2.24) is 0 Å². The average molecular weight is 260 g/mol. The van der Waals surface area contributed by atoms with Crippen molar-refractivity contribution in [3.05, 3.63) is 40.2 Å². The number of fused-ring (bicyclic) bond motifs is 1. The molecular weight excluding hydrogens is 244 g/mol. The van der Waals surface area contributed by atoms with Crippen molar-refractivity contribution < 1.29 is 13.9 Å². The average Bonchev–Trinajstić information content (AvgIpc) is 2.37. The number of carbonyl (C=O) groups is 1. The molecule has 0 atom stereocenters. The molecule has 0 aliphatic rings. The van der Waals surface area contributed by atoms with Crippen LogP contribution in [0.5, 0.6) is 5.75 Å². The zero-order valence-electron chi connectivity index (χ0n) is 11.1. The molecule has 19 heavy (non-hydrogen) atoms. The van der Waals surface area contributed by atoms with Gasteiger partial charge < -0.3 is 9.15 Å². The van der Waals surface area contributed by atoms with Gasteiger partial charge in [-0.3, -0.25) is 4.79 Å². The summed E-state index contributed by atoms with van der Waals surface area (Å²) in [5, 5.41) is 0.656. The minimum Gasteiger partial charge on any atom is -0.425 e. The van der Waals surface area contributed by atoms with E-state index in [1.165, 1.54) is 6.92 Å².